The molecule has 0 aromatic rings. The Bertz CT molecular complexity index is 167. The molecule has 0 bridgehead atoms. The zero-order valence-corrected chi connectivity index (χ0v) is 9.87. The second-order valence-electron chi connectivity index (χ2n) is 4.15. The molecule has 1 atom stereocenters. The molecular formula is C9H21ClN2O. The Labute approximate surface area is 86.9 Å². The molecule has 0 aromatic heterocycles. The monoisotopic (exact) mass is 208 g/mol. The number of nitrogens with two attached hydrogens (primary N) is 1. The second kappa shape index (κ2) is 5.45. The number of hydrogen-bond acceptors (Lipinski definition) is 2. The molecule has 0 saturated carbocycles. The van der Waals surface area contributed by atoms with Crippen molar-refractivity contribution in [2.45, 2.75) is 46.2 Å². The fourth-order valence-electron chi connectivity index (χ4n) is 0.576. The average molecular weight is 209 g/mol. The summed E-state index contributed by atoms with van der Waals surface area (Å²) in [7, 11) is 0. The summed E-state index contributed by atoms with van der Waals surface area (Å²) in [5.41, 5.74) is 5.26. The van der Waals surface area contributed by atoms with E-state index in [1.165, 1.54) is 0 Å². The Kier molecular flexibility index (Phi) is 6.37. The summed E-state index contributed by atoms with van der Waals surface area (Å²) in [4.78, 5) is 11.2. The first kappa shape index (κ1) is 15.2. The van der Waals surface area contributed by atoms with Gasteiger partial charge in [-0.1, -0.05) is 13.8 Å². The molecule has 80 valence electrons. The highest BCUT2D eigenvalue weighted by Gasteiger charge is 2.25. The molecular weight excluding hydrogens is 188 g/mol. The van der Waals surface area contributed by atoms with Crippen LogP contribution in [-0.2, 0) is 4.79 Å². The Morgan fingerprint density at radius 3 is 1.92 bits per heavy atom. The van der Waals surface area contributed by atoms with Gasteiger partial charge >= 0.3 is 0 Å². The molecule has 0 rings (SSSR count). The van der Waals surface area contributed by atoms with Crippen molar-refractivity contribution < 1.29 is 4.79 Å². The van der Waals surface area contributed by atoms with E-state index in [1.807, 2.05) is 13.8 Å². The number of carbonyl (C=O) groups excluding carboxylic acids is 1. The number of amides is 1. The highest BCUT2D eigenvalue weighted by Crippen LogP contribution is 2.14. The van der Waals surface area contributed by atoms with Crippen LogP contribution in [0.1, 0.15) is 34.6 Å². The maximum absolute atomic E-state index is 11.2. The first-order valence-corrected chi connectivity index (χ1v) is 4.35. The van der Waals surface area contributed by atoms with Gasteiger partial charge in [0.1, 0.15) is 0 Å². The van der Waals surface area contributed by atoms with Crippen molar-refractivity contribution in [1.29, 1.82) is 0 Å². The van der Waals surface area contributed by atoms with Gasteiger partial charge in [0.25, 0.3) is 0 Å². The highest BCUT2D eigenvalue weighted by molar-refractivity contribution is 5.85. The van der Waals surface area contributed by atoms with Gasteiger partial charge in [0.15, 0.2) is 0 Å². The summed E-state index contributed by atoms with van der Waals surface area (Å²) in [5.74, 6) is 0.314. The summed E-state index contributed by atoms with van der Waals surface area (Å²) < 4.78 is 0. The van der Waals surface area contributed by atoms with Crippen molar-refractivity contribution >= 4 is 18.3 Å². The molecule has 0 radical (unpaired) electrons. The Morgan fingerprint density at radius 1 is 1.31 bits per heavy atom. The first-order valence-electron chi connectivity index (χ1n) is 4.35. The fraction of sp³-hybridized carbons (Fsp3) is 0.889. The number of hydrogen-bond donors (Lipinski definition) is 2. The van der Waals surface area contributed by atoms with E-state index >= 15 is 0 Å². The molecule has 0 aliphatic rings. The molecule has 0 saturated heterocycles. The molecule has 3 N–H and O–H groups in total. The van der Waals surface area contributed by atoms with Crippen LogP contribution in [0.25, 0.3) is 0 Å². The third kappa shape index (κ3) is 5.11. The standard InChI is InChI=1S/C9H20N2O.ClH/c1-6(2)9(4,5)11-8(12)7(3)10;/h6-7H,10H2,1-5H3,(H,11,12);1H/t7-;/m0./s1. The van der Waals surface area contributed by atoms with Gasteiger partial charge in [-0.25, -0.2) is 0 Å². The van der Waals surface area contributed by atoms with Crippen LogP contribution in [0.4, 0.5) is 0 Å². The highest BCUT2D eigenvalue weighted by atomic mass is 35.5. The van der Waals surface area contributed by atoms with Gasteiger partial charge in [0.2, 0.25) is 5.91 Å². The van der Waals surface area contributed by atoms with E-state index < -0.39 is 6.04 Å². The normalized spacial score (nSPS) is 13.5. The number of carbonyl (C=O) groups is 1. The van der Waals surface area contributed by atoms with Crippen molar-refractivity contribution in [3.05, 3.63) is 0 Å². The topological polar surface area (TPSA) is 55.1 Å². The van der Waals surface area contributed by atoms with Crippen LogP contribution in [0.2, 0.25) is 0 Å². The van der Waals surface area contributed by atoms with Crippen molar-refractivity contribution in [3.8, 4) is 0 Å². The lowest BCUT2D eigenvalue weighted by molar-refractivity contribution is -0.124. The van der Waals surface area contributed by atoms with Crippen LogP contribution in [0.5, 0.6) is 0 Å². The summed E-state index contributed by atoms with van der Waals surface area (Å²) in [6.45, 7) is 9.82. The lowest BCUT2D eigenvalue weighted by Crippen LogP contribution is -2.52. The second-order valence-corrected chi connectivity index (χ2v) is 4.15. The number of nitrogens with one attached hydrogen (secondary N) is 1. The van der Waals surface area contributed by atoms with Crippen molar-refractivity contribution in [1.82, 2.24) is 5.32 Å². The lowest BCUT2D eigenvalue weighted by Gasteiger charge is -2.31. The molecule has 4 heteroatoms. The molecule has 0 heterocycles. The number of halogens is 1. The molecule has 0 unspecified atom stereocenters. The fourth-order valence-corrected chi connectivity index (χ4v) is 0.576. The van der Waals surface area contributed by atoms with Gasteiger partial charge < -0.3 is 11.1 Å². The predicted molar refractivity (Wildman–Crippen MR) is 58.0 cm³/mol. The summed E-state index contributed by atoms with van der Waals surface area (Å²) in [6, 6.07) is -0.428. The molecule has 0 aliphatic heterocycles. The van der Waals surface area contributed by atoms with E-state index in [1.54, 1.807) is 6.92 Å². The van der Waals surface area contributed by atoms with Crippen LogP contribution in [-0.4, -0.2) is 17.5 Å². The van der Waals surface area contributed by atoms with Crippen molar-refractivity contribution in [2.24, 2.45) is 11.7 Å². The van der Waals surface area contributed by atoms with E-state index in [2.05, 4.69) is 19.2 Å². The van der Waals surface area contributed by atoms with Crippen molar-refractivity contribution in [2.75, 3.05) is 0 Å². The predicted octanol–water partition coefficient (Wildman–Crippen LogP) is 1.31. The SMILES string of the molecule is CC(C)C(C)(C)NC(=O)[C@H](C)N.Cl. The summed E-state index contributed by atoms with van der Waals surface area (Å²) in [6.07, 6.45) is 0. The smallest absolute Gasteiger partial charge is 0.237 e. The third-order valence-electron chi connectivity index (χ3n) is 2.30. The van der Waals surface area contributed by atoms with E-state index in [-0.39, 0.29) is 23.9 Å². The van der Waals surface area contributed by atoms with Gasteiger partial charge in [0.05, 0.1) is 6.04 Å². The minimum absolute atomic E-state index is 0. The van der Waals surface area contributed by atoms with Crippen LogP contribution < -0.4 is 11.1 Å². The Hall–Kier alpha value is -0.280. The number of rotatable bonds is 3. The Morgan fingerprint density at radius 2 is 1.69 bits per heavy atom. The molecule has 0 aliphatic carbocycles. The molecule has 0 spiro atoms. The first-order chi connectivity index (χ1) is 5.27. The van der Waals surface area contributed by atoms with E-state index in [0.717, 1.165) is 0 Å². The van der Waals surface area contributed by atoms with Gasteiger partial charge in [-0.15, -0.1) is 12.4 Å². The van der Waals surface area contributed by atoms with E-state index in [9.17, 15) is 4.79 Å². The van der Waals surface area contributed by atoms with Gasteiger partial charge in [-0.05, 0) is 26.7 Å². The zero-order valence-electron chi connectivity index (χ0n) is 9.05. The van der Waals surface area contributed by atoms with Crippen LogP contribution in [0, 0.1) is 5.92 Å². The molecule has 0 fully saturated rings. The summed E-state index contributed by atoms with van der Waals surface area (Å²) in [5, 5.41) is 2.89. The van der Waals surface area contributed by atoms with Crippen LogP contribution in [0.15, 0.2) is 0 Å². The quantitative estimate of drug-likeness (QED) is 0.735. The van der Waals surface area contributed by atoms with E-state index in [0.29, 0.717) is 5.92 Å². The maximum Gasteiger partial charge on any atom is 0.237 e. The van der Waals surface area contributed by atoms with Crippen LogP contribution in [0.3, 0.4) is 0 Å². The van der Waals surface area contributed by atoms with Gasteiger partial charge in [-0.3, -0.25) is 4.79 Å². The largest absolute Gasteiger partial charge is 0.350 e. The molecule has 3 nitrogen and oxygen atoms in total. The minimum Gasteiger partial charge on any atom is -0.350 e. The third-order valence-corrected chi connectivity index (χ3v) is 2.30. The molecule has 13 heavy (non-hydrogen) atoms. The van der Waals surface area contributed by atoms with Gasteiger partial charge in [-0.2, -0.15) is 0 Å². The maximum atomic E-state index is 11.2. The Balaban J connectivity index is 0. The minimum atomic E-state index is -0.428. The lowest BCUT2D eigenvalue weighted by atomic mass is 9.90. The summed E-state index contributed by atoms with van der Waals surface area (Å²) >= 11 is 0. The average Bonchev–Trinajstić information content (AvgIpc) is 1.85. The van der Waals surface area contributed by atoms with Gasteiger partial charge in [0, 0.05) is 5.54 Å². The van der Waals surface area contributed by atoms with E-state index in [4.69, 9.17) is 5.73 Å². The zero-order chi connectivity index (χ0) is 9.94. The van der Waals surface area contributed by atoms with Crippen LogP contribution >= 0.6 is 12.4 Å². The molecule has 1 amide bonds. The van der Waals surface area contributed by atoms with Crippen molar-refractivity contribution in [3.63, 3.8) is 0 Å². The molecule has 0 aromatic carbocycles.